The predicted molar refractivity (Wildman–Crippen MR) is 63.1 cm³/mol. The largest absolute Gasteiger partial charge is 0.325 e. The number of hydrogen-bond acceptors (Lipinski definition) is 2. The molecule has 2 aromatic rings. The summed E-state index contributed by atoms with van der Waals surface area (Å²) in [6.07, 6.45) is 0.781. The minimum Gasteiger partial charge on any atom is -0.325 e. The molecule has 0 saturated heterocycles. The first-order valence-electron chi connectivity index (χ1n) is 4.88. The summed E-state index contributed by atoms with van der Waals surface area (Å²) in [7, 11) is 0. The van der Waals surface area contributed by atoms with E-state index < -0.39 is 0 Å². The molecule has 1 aromatic heterocycles. The maximum atomic E-state index is 6.05. The molecule has 0 unspecified atom stereocenters. The predicted octanol–water partition coefficient (Wildman–Crippen LogP) is 2.50. The molecular weight excluding hydrogens is 210 g/mol. The van der Waals surface area contributed by atoms with E-state index in [1.165, 1.54) is 0 Å². The third kappa shape index (κ3) is 2.13. The standard InChI is InChI=1S/C11H14ClN3/c1-11(2,13)6-7-4-3-5-8-9(7)10(12)15-14-8/h3-5H,6,13H2,1-2H3,(H,14,15). The van der Waals surface area contributed by atoms with Gasteiger partial charge in [-0.2, -0.15) is 5.10 Å². The van der Waals surface area contributed by atoms with Crippen molar-refractivity contribution < 1.29 is 0 Å². The Morgan fingerprint density at radius 3 is 2.87 bits per heavy atom. The number of rotatable bonds is 2. The zero-order valence-corrected chi connectivity index (χ0v) is 9.60. The van der Waals surface area contributed by atoms with Gasteiger partial charge in [-0.1, -0.05) is 23.7 Å². The molecule has 0 saturated carbocycles. The second-order valence-electron chi connectivity index (χ2n) is 4.51. The molecular formula is C11H14ClN3. The van der Waals surface area contributed by atoms with Crippen LogP contribution in [0.2, 0.25) is 5.15 Å². The van der Waals surface area contributed by atoms with Crippen molar-refractivity contribution in [3.8, 4) is 0 Å². The van der Waals surface area contributed by atoms with Crippen LogP contribution in [0.3, 0.4) is 0 Å². The first-order valence-corrected chi connectivity index (χ1v) is 5.25. The number of nitrogens with zero attached hydrogens (tertiary/aromatic N) is 1. The van der Waals surface area contributed by atoms with E-state index in [1.807, 2.05) is 32.0 Å². The average molecular weight is 224 g/mol. The van der Waals surface area contributed by atoms with Crippen LogP contribution >= 0.6 is 11.6 Å². The Morgan fingerprint density at radius 2 is 2.20 bits per heavy atom. The molecule has 0 aliphatic rings. The number of nitrogens with two attached hydrogens (primary N) is 1. The molecule has 1 heterocycles. The lowest BCUT2D eigenvalue weighted by atomic mass is 9.94. The first-order chi connectivity index (χ1) is 6.97. The quantitative estimate of drug-likeness (QED) is 0.822. The molecule has 3 nitrogen and oxygen atoms in total. The van der Waals surface area contributed by atoms with Gasteiger partial charge in [0, 0.05) is 10.9 Å². The van der Waals surface area contributed by atoms with Crippen LogP contribution in [0, 0.1) is 0 Å². The van der Waals surface area contributed by atoms with Crippen molar-refractivity contribution in [2.75, 3.05) is 0 Å². The third-order valence-corrected chi connectivity index (χ3v) is 2.54. The molecule has 0 radical (unpaired) electrons. The number of hydrogen-bond donors (Lipinski definition) is 2. The smallest absolute Gasteiger partial charge is 0.132 e. The summed E-state index contributed by atoms with van der Waals surface area (Å²) in [5.74, 6) is 0. The summed E-state index contributed by atoms with van der Waals surface area (Å²) in [4.78, 5) is 0. The number of fused-ring (bicyclic) bond motifs is 1. The summed E-state index contributed by atoms with van der Waals surface area (Å²) in [6, 6.07) is 5.95. The van der Waals surface area contributed by atoms with Gasteiger partial charge in [0.25, 0.3) is 0 Å². The molecule has 0 fully saturated rings. The zero-order valence-electron chi connectivity index (χ0n) is 8.84. The van der Waals surface area contributed by atoms with Crippen molar-refractivity contribution in [2.45, 2.75) is 25.8 Å². The number of halogens is 1. The number of nitrogens with one attached hydrogen (secondary N) is 1. The number of aromatic nitrogens is 2. The Hall–Kier alpha value is -1.06. The van der Waals surface area contributed by atoms with E-state index in [4.69, 9.17) is 17.3 Å². The first kappa shape index (κ1) is 10.5. The highest BCUT2D eigenvalue weighted by Gasteiger charge is 2.15. The molecule has 3 N–H and O–H groups in total. The van der Waals surface area contributed by atoms with Crippen LogP contribution < -0.4 is 5.73 Å². The Labute approximate surface area is 93.6 Å². The molecule has 0 atom stereocenters. The van der Waals surface area contributed by atoms with Crippen molar-refractivity contribution in [3.05, 3.63) is 28.9 Å². The summed E-state index contributed by atoms with van der Waals surface area (Å²) >= 11 is 6.05. The number of H-pyrrole nitrogens is 1. The summed E-state index contributed by atoms with van der Waals surface area (Å²) in [5.41, 5.74) is 7.79. The average Bonchev–Trinajstić information content (AvgIpc) is 2.46. The Morgan fingerprint density at radius 1 is 1.47 bits per heavy atom. The van der Waals surface area contributed by atoms with Gasteiger partial charge in [-0.25, -0.2) is 0 Å². The van der Waals surface area contributed by atoms with Crippen molar-refractivity contribution in [3.63, 3.8) is 0 Å². The maximum Gasteiger partial charge on any atom is 0.132 e. The van der Waals surface area contributed by atoms with Crippen molar-refractivity contribution in [1.82, 2.24) is 10.2 Å². The lowest BCUT2D eigenvalue weighted by molar-refractivity contribution is 0.518. The lowest BCUT2D eigenvalue weighted by Gasteiger charge is -2.18. The molecule has 0 amide bonds. The van der Waals surface area contributed by atoms with Crippen LogP contribution in [0.15, 0.2) is 18.2 Å². The molecule has 0 aliphatic heterocycles. The second-order valence-corrected chi connectivity index (χ2v) is 4.89. The second kappa shape index (κ2) is 3.51. The topological polar surface area (TPSA) is 54.7 Å². The van der Waals surface area contributed by atoms with Gasteiger partial charge in [-0.05, 0) is 31.9 Å². The normalized spacial score (nSPS) is 12.3. The fourth-order valence-electron chi connectivity index (χ4n) is 1.74. The van der Waals surface area contributed by atoms with E-state index in [0.29, 0.717) is 5.15 Å². The van der Waals surface area contributed by atoms with Gasteiger partial charge in [0.2, 0.25) is 0 Å². The van der Waals surface area contributed by atoms with Gasteiger partial charge in [0.1, 0.15) is 5.15 Å². The minimum atomic E-state index is -0.241. The highest BCUT2D eigenvalue weighted by Crippen LogP contribution is 2.26. The van der Waals surface area contributed by atoms with E-state index >= 15 is 0 Å². The summed E-state index contributed by atoms with van der Waals surface area (Å²) < 4.78 is 0. The van der Waals surface area contributed by atoms with E-state index in [-0.39, 0.29) is 5.54 Å². The van der Waals surface area contributed by atoms with Crippen molar-refractivity contribution >= 4 is 22.5 Å². The molecule has 4 heteroatoms. The Kier molecular flexibility index (Phi) is 2.44. The van der Waals surface area contributed by atoms with Crippen LogP contribution in [0.1, 0.15) is 19.4 Å². The molecule has 0 spiro atoms. The highest BCUT2D eigenvalue weighted by atomic mass is 35.5. The molecule has 15 heavy (non-hydrogen) atoms. The highest BCUT2D eigenvalue weighted by molar-refractivity contribution is 6.34. The molecule has 2 rings (SSSR count). The SMILES string of the molecule is CC(C)(N)Cc1cccc2n[nH]c(Cl)c12. The summed E-state index contributed by atoms with van der Waals surface area (Å²) in [6.45, 7) is 4.00. The fraction of sp³-hybridized carbons (Fsp3) is 0.364. The van der Waals surface area contributed by atoms with Crippen LogP contribution in [0.4, 0.5) is 0 Å². The molecule has 0 bridgehead atoms. The Balaban J connectivity index is 2.55. The van der Waals surface area contributed by atoms with Gasteiger partial charge < -0.3 is 5.73 Å². The molecule has 0 aliphatic carbocycles. The number of benzene rings is 1. The van der Waals surface area contributed by atoms with Crippen LogP contribution in [-0.4, -0.2) is 15.7 Å². The van der Waals surface area contributed by atoms with E-state index in [1.54, 1.807) is 0 Å². The van der Waals surface area contributed by atoms with Gasteiger partial charge in [0.05, 0.1) is 5.52 Å². The van der Waals surface area contributed by atoms with Gasteiger partial charge >= 0.3 is 0 Å². The van der Waals surface area contributed by atoms with E-state index in [9.17, 15) is 0 Å². The number of aromatic amines is 1. The summed E-state index contributed by atoms with van der Waals surface area (Å²) in [5, 5.41) is 8.46. The zero-order chi connectivity index (χ0) is 11.1. The lowest BCUT2D eigenvalue weighted by Crippen LogP contribution is -2.34. The van der Waals surface area contributed by atoms with Crippen molar-refractivity contribution in [2.24, 2.45) is 5.73 Å². The van der Waals surface area contributed by atoms with Crippen LogP contribution in [0.5, 0.6) is 0 Å². The molecule has 80 valence electrons. The van der Waals surface area contributed by atoms with E-state index in [2.05, 4.69) is 10.2 Å². The van der Waals surface area contributed by atoms with Gasteiger partial charge in [0.15, 0.2) is 0 Å². The minimum absolute atomic E-state index is 0.241. The van der Waals surface area contributed by atoms with Gasteiger partial charge in [-0.3, -0.25) is 5.10 Å². The molecule has 1 aromatic carbocycles. The Bertz CT molecular complexity index is 482. The monoisotopic (exact) mass is 223 g/mol. The maximum absolute atomic E-state index is 6.05. The van der Waals surface area contributed by atoms with E-state index in [0.717, 1.165) is 22.9 Å². The van der Waals surface area contributed by atoms with Crippen molar-refractivity contribution in [1.29, 1.82) is 0 Å². The van der Waals surface area contributed by atoms with Gasteiger partial charge in [-0.15, -0.1) is 0 Å². The third-order valence-electron chi connectivity index (χ3n) is 2.27. The van der Waals surface area contributed by atoms with Crippen LogP contribution in [-0.2, 0) is 6.42 Å². The fourth-order valence-corrected chi connectivity index (χ4v) is 2.00. The van der Waals surface area contributed by atoms with Crippen LogP contribution in [0.25, 0.3) is 10.9 Å².